The molecule has 1 N–H and O–H groups in total. The van der Waals surface area contributed by atoms with Crippen LogP contribution in [0.5, 0.6) is 17.4 Å². The summed E-state index contributed by atoms with van der Waals surface area (Å²) < 4.78 is 8.40. The summed E-state index contributed by atoms with van der Waals surface area (Å²) in [6.45, 7) is 10.5. The number of benzene rings is 4. The Kier molecular flexibility index (Phi) is 7.31. The van der Waals surface area contributed by atoms with Crippen molar-refractivity contribution in [3.63, 3.8) is 0 Å². The Morgan fingerprint density at radius 1 is 0.744 bits per heavy atom. The molecule has 0 atom stereocenters. The van der Waals surface area contributed by atoms with Crippen LogP contribution in [0, 0.1) is 40.7 Å². The minimum Gasteiger partial charge on any atom is -0.506 e. The van der Waals surface area contributed by atoms with Crippen molar-refractivity contribution in [2.45, 2.75) is 34.6 Å². The van der Waals surface area contributed by atoms with Gasteiger partial charge in [-0.3, -0.25) is 0 Å². The Morgan fingerprint density at radius 3 is 2.26 bits per heavy atom. The van der Waals surface area contributed by atoms with Gasteiger partial charge in [-0.25, -0.2) is 9.97 Å². The first-order valence-electron chi connectivity index (χ1n) is 14.1. The molecule has 0 saturated heterocycles. The van der Waals surface area contributed by atoms with E-state index < -0.39 is 0 Å². The van der Waals surface area contributed by atoms with E-state index in [0.29, 0.717) is 17.1 Å². The SMILES string of the molecule is Cc1cc(C)c(-c2ccc(O)c3nc(Oc4[c-]c5c(cc4)c4ccccc4n5-c4cc(C)c(C)cn4)ccc23)c(C)c1.[Pt]. The number of ether oxygens (including phenoxy) is 1. The largest absolute Gasteiger partial charge is 0.506 e. The zero-order valence-electron chi connectivity index (χ0n) is 24.6. The molecular formula is C37H30N3O2Pt-. The van der Waals surface area contributed by atoms with Gasteiger partial charge in [0, 0.05) is 50.0 Å². The first-order valence-corrected chi connectivity index (χ1v) is 14.1. The summed E-state index contributed by atoms with van der Waals surface area (Å²) in [6, 6.07) is 29.7. The number of aromatic hydroxyl groups is 1. The van der Waals surface area contributed by atoms with Crippen molar-refractivity contribution in [1.29, 1.82) is 0 Å². The van der Waals surface area contributed by atoms with Crippen LogP contribution in [-0.2, 0) is 21.1 Å². The number of nitrogens with zero attached hydrogens (tertiary/aromatic N) is 3. The molecule has 7 aromatic rings. The minimum atomic E-state index is 0. The maximum absolute atomic E-state index is 10.8. The number of hydrogen-bond donors (Lipinski definition) is 1. The quantitative estimate of drug-likeness (QED) is 0.183. The average Bonchev–Trinajstić information content (AvgIpc) is 3.29. The first-order chi connectivity index (χ1) is 20.3. The topological polar surface area (TPSA) is 60.2 Å². The number of pyridine rings is 2. The predicted molar refractivity (Wildman–Crippen MR) is 170 cm³/mol. The molecule has 0 aliphatic heterocycles. The molecule has 5 nitrogen and oxygen atoms in total. The smallest absolute Gasteiger partial charge is 0.217 e. The number of para-hydroxylation sites is 1. The second kappa shape index (κ2) is 11.0. The van der Waals surface area contributed by atoms with Gasteiger partial charge in [-0.2, -0.15) is 6.07 Å². The van der Waals surface area contributed by atoms with Crippen molar-refractivity contribution in [2.75, 3.05) is 0 Å². The molecule has 7 rings (SSSR count). The summed E-state index contributed by atoms with van der Waals surface area (Å²) in [6.07, 6.45) is 1.91. The van der Waals surface area contributed by atoms with E-state index in [1.807, 2.05) is 42.6 Å². The second-order valence-corrected chi connectivity index (χ2v) is 11.1. The average molecular weight is 744 g/mol. The van der Waals surface area contributed by atoms with Gasteiger partial charge in [-0.15, -0.1) is 17.5 Å². The normalized spacial score (nSPS) is 11.3. The van der Waals surface area contributed by atoms with E-state index in [1.54, 1.807) is 6.07 Å². The van der Waals surface area contributed by atoms with Gasteiger partial charge in [-0.1, -0.05) is 41.4 Å². The van der Waals surface area contributed by atoms with E-state index in [2.05, 4.69) is 81.7 Å². The first kappa shape index (κ1) is 28.6. The Morgan fingerprint density at radius 2 is 1.49 bits per heavy atom. The van der Waals surface area contributed by atoms with Gasteiger partial charge in [0.1, 0.15) is 17.1 Å². The fourth-order valence-electron chi connectivity index (χ4n) is 6.08. The van der Waals surface area contributed by atoms with E-state index in [4.69, 9.17) is 14.7 Å². The maximum atomic E-state index is 10.8. The van der Waals surface area contributed by atoms with Crippen LogP contribution in [0.15, 0.2) is 85.1 Å². The van der Waals surface area contributed by atoms with Gasteiger partial charge < -0.3 is 14.4 Å². The van der Waals surface area contributed by atoms with Crippen molar-refractivity contribution in [3.8, 4) is 34.3 Å². The van der Waals surface area contributed by atoms with Gasteiger partial charge in [0.15, 0.2) is 0 Å². The summed E-state index contributed by atoms with van der Waals surface area (Å²) in [4.78, 5) is 9.50. The molecule has 4 aromatic carbocycles. The molecule has 0 amide bonds. The van der Waals surface area contributed by atoms with Crippen LogP contribution in [-0.4, -0.2) is 19.6 Å². The summed E-state index contributed by atoms with van der Waals surface area (Å²) in [7, 11) is 0. The molecule has 0 radical (unpaired) electrons. The third kappa shape index (κ3) is 4.88. The zero-order chi connectivity index (χ0) is 29.1. The van der Waals surface area contributed by atoms with Gasteiger partial charge in [-0.05, 0) is 104 Å². The molecule has 0 saturated carbocycles. The maximum Gasteiger partial charge on any atom is 0.217 e. The third-order valence-electron chi connectivity index (χ3n) is 8.12. The number of phenols is 1. The Balaban J connectivity index is 0.00000329. The number of rotatable bonds is 4. The molecule has 0 spiro atoms. The van der Waals surface area contributed by atoms with Crippen LogP contribution in [0.2, 0.25) is 0 Å². The van der Waals surface area contributed by atoms with Crippen LogP contribution in [0.25, 0.3) is 49.7 Å². The van der Waals surface area contributed by atoms with Crippen LogP contribution < -0.4 is 4.74 Å². The molecule has 3 aromatic heterocycles. The minimum absolute atomic E-state index is 0. The van der Waals surface area contributed by atoms with Crippen LogP contribution >= 0.6 is 0 Å². The van der Waals surface area contributed by atoms with Gasteiger partial charge >= 0.3 is 0 Å². The predicted octanol–water partition coefficient (Wildman–Crippen LogP) is 9.23. The second-order valence-electron chi connectivity index (χ2n) is 11.1. The molecule has 0 unspecified atom stereocenters. The number of fused-ring (bicyclic) bond motifs is 4. The van der Waals surface area contributed by atoms with E-state index in [-0.39, 0.29) is 26.8 Å². The van der Waals surface area contributed by atoms with E-state index in [0.717, 1.165) is 49.7 Å². The summed E-state index contributed by atoms with van der Waals surface area (Å²) in [5.41, 5.74) is 10.6. The molecule has 6 heteroatoms. The van der Waals surface area contributed by atoms with Gasteiger partial charge in [0.25, 0.3) is 0 Å². The van der Waals surface area contributed by atoms with Crippen molar-refractivity contribution in [3.05, 3.63) is 119 Å². The molecule has 0 bridgehead atoms. The van der Waals surface area contributed by atoms with Gasteiger partial charge in [0.2, 0.25) is 5.88 Å². The van der Waals surface area contributed by atoms with Crippen molar-refractivity contribution < 1.29 is 30.9 Å². The summed E-state index contributed by atoms with van der Waals surface area (Å²) in [5, 5.41) is 13.9. The van der Waals surface area contributed by atoms with Crippen LogP contribution in [0.1, 0.15) is 27.8 Å². The Bertz CT molecular complexity index is 2180. The van der Waals surface area contributed by atoms with Crippen molar-refractivity contribution >= 4 is 32.7 Å². The zero-order valence-corrected chi connectivity index (χ0v) is 26.9. The van der Waals surface area contributed by atoms with E-state index in [1.165, 1.54) is 22.3 Å². The van der Waals surface area contributed by atoms with Crippen molar-refractivity contribution in [2.24, 2.45) is 0 Å². The standard InChI is InChI=1S/C37H30N3O2.Pt/c1-21-16-23(3)36(24(4)17-21)29-12-14-33(41)37-30(29)13-15-35(39-37)42-26-10-11-28-27-8-6-7-9-31(27)40(32(28)19-26)34-18-22(2)25(5)20-38-34;/h6-18,20,41H,1-5H3;/q-1;. The molecule has 43 heavy (non-hydrogen) atoms. The molecular weight excluding hydrogens is 714 g/mol. The number of aryl methyl sites for hydroxylation is 5. The molecule has 216 valence electrons. The molecule has 0 aliphatic carbocycles. The summed E-state index contributed by atoms with van der Waals surface area (Å²) >= 11 is 0. The van der Waals surface area contributed by atoms with Crippen LogP contribution in [0.4, 0.5) is 0 Å². The fourth-order valence-corrected chi connectivity index (χ4v) is 6.08. The fraction of sp³-hybridized carbons (Fsp3) is 0.135. The molecule has 3 heterocycles. The number of aromatic nitrogens is 3. The molecule has 0 fully saturated rings. The third-order valence-corrected chi connectivity index (χ3v) is 8.12. The number of hydrogen-bond acceptors (Lipinski definition) is 4. The van der Waals surface area contributed by atoms with E-state index in [9.17, 15) is 5.11 Å². The molecule has 0 aliphatic rings. The van der Waals surface area contributed by atoms with Crippen molar-refractivity contribution in [1.82, 2.24) is 14.5 Å². The van der Waals surface area contributed by atoms with E-state index >= 15 is 0 Å². The van der Waals surface area contributed by atoms with Crippen LogP contribution in [0.3, 0.4) is 0 Å². The van der Waals surface area contributed by atoms with Gasteiger partial charge in [0.05, 0.1) is 0 Å². The summed E-state index contributed by atoms with van der Waals surface area (Å²) in [5.74, 6) is 1.86. The number of phenolic OH excluding ortho intramolecular Hbond substituents is 1. The Hall–Kier alpha value is -4.47. The monoisotopic (exact) mass is 743 g/mol. The Labute approximate surface area is 265 Å².